The zero-order valence-electron chi connectivity index (χ0n) is 6.35. The minimum Gasteiger partial charge on any atom is -0.449 e. The quantitative estimate of drug-likeness (QED) is 0.631. The fourth-order valence-electron chi connectivity index (χ4n) is 0.912. The highest BCUT2D eigenvalue weighted by Gasteiger charge is 2.17. The molecule has 0 aliphatic heterocycles. The molecular weight excluding hydrogens is 176 g/mol. The molecule has 5 nitrogen and oxygen atoms in total. The largest absolute Gasteiger partial charge is 0.449 e. The second-order valence-electron chi connectivity index (χ2n) is 2.13. The van der Waals surface area contributed by atoms with Crippen LogP contribution in [0.4, 0.5) is 0 Å². The standard InChI is InChI=1S/C8H4O5/c9-1-5-6(2-10)8(4-12)13-7(5)3-11/h1-4H. The molecule has 0 spiro atoms. The highest BCUT2D eigenvalue weighted by Crippen LogP contribution is 2.16. The van der Waals surface area contributed by atoms with Gasteiger partial charge in [0.25, 0.3) is 0 Å². The summed E-state index contributed by atoms with van der Waals surface area (Å²) >= 11 is 0. The number of carbonyl (C=O) groups excluding carboxylic acids is 4. The summed E-state index contributed by atoms with van der Waals surface area (Å²) in [5.74, 6) is -0.613. The van der Waals surface area contributed by atoms with Gasteiger partial charge in [0.1, 0.15) is 0 Å². The number of aldehydes is 4. The lowest BCUT2D eigenvalue weighted by Gasteiger charge is -1.82. The number of rotatable bonds is 4. The van der Waals surface area contributed by atoms with E-state index in [1.807, 2.05) is 0 Å². The minimum atomic E-state index is -0.306. The van der Waals surface area contributed by atoms with Crippen molar-refractivity contribution in [1.82, 2.24) is 0 Å². The topological polar surface area (TPSA) is 81.4 Å². The Morgan fingerprint density at radius 3 is 1.31 bits per heavy atom. The molecule has 0 N–H and O–H groups in total. The van der Waals surface area contributed by atoms with E-state index in [1.54, 1.807) is 0 Å². The van der Waals surface area contributed by atoms with E-state index in [2.05, 4.69) is 4.42 Å². The summed E-state index contributed by atoms with van der Waals surface area (Å²) in [6.45, 7) is 0. The summed E-state index contributed by atoms with van der Waals surface area (Å²) in [5.41, 5.74) is -0.376. The second-order valence-corrected chi connectivity index (χ2v) is 2.13. The Morgan fingerprint density at radius 1 is 0.692 bits per heavy atom. The van der Waals surface area contributed by atoms with Crippen LogP contribution in [-0.4, -0.2) is 25.1 Å². The fourth-order valence-corrected chi connectivity index (χ4v) is 0.912. The van der Waals surface area contributed by atoms with Gasteiger partial charge in [-0.15, -0.1) is 0 Å². The average Bonchev–Trinajstić information content (AvgIpc) is 2.54. The lowest BCUT2D eigenvalue weighted by molar-refractivity contribution is 0.106. The molecule has 0 aromatic carbocycles. The smallest absolute Gasteiger partial charge is 0.186 e. The average molecular weight is 180 g/mol. The Kier molecular flexibility index (Phi) is 2.49. The number of carbonyl (C=O) groups is 4. The maximum atomic E-state index is 10.4. The van der Waals surface area contributed by atoms with E-state index >= 15 is 0 Å². The SMILES string of the molecule is O=Cc1oc(C=O)c(C=O)c1C=O. The van der Waals surface area contributed by atoms with Crippen molar-refractivity contribution in [1.29, 1.82) is 0 Å². The molecule has 5 heteroatoms. The number of hydrogen-bond acceptors (Lipinski definition) is 5. The Hall–Kier alpha value is -2.04. The van der Waals surface area contributed by atoms with E-state index in [4.69, 9.17) is 0 Å². The number of furan rings is 1. The molecule has 0 aliphatic carbocycles. The van der Waals surface area contributed by atoms with Crippen LogP contribution in [-0.2, 0) is 0 Å². The van der Waals surface area contributed by atoms with Gasteiger partial charge >= 0.3 is 0 Å². The molecular formula is C8H4O5. The van der Waals surface area contributed by atoms with Crippen LogP contribution in [0, 0.1) is 0 Å². The molecule has 0 amide bonds. The van der Waals surface area contributed by atoms with E-state index in [1.165, 1.54) is 0 Å². The van der Waals surface area contributed by atoms with Gasteiger partial charge in [0, 0.05) is 0 Å². The normalized spacial score (nSPS) is 9.23. The van der Waals surface area contributed by atoms with Crippen molar-refractivity contribution in [2.75, 3.05) is 0 Å². The van der Waals surface area contributed by atoms with Crippen LogP contribution >= 0.6 is 0 Å². The number of hydrogen-bond donors (Lipinski definition) is 0. The molecule has 13 heavy (non-hydrogen) atoms. The Morgan fingerprint density at radius 2 is 1.08 bits per heavy atom. The first kappa shape index (κ1) is 9.05. The van der Waals surface area contributed by atoms with Crippen LogP contribution in [0.3, 0.4) is 0 Å². The molecule has 0 unspecified atom stereocenters. The van der Waals surface area contributed by atoms with Crippen molar-refractivity contribution < 1.29 is 23.6 Å². The molecule has 66 valence electrons. The van der Waals surface area contributed by atoms with E-state index in [9.17, 15) is 19.2 Å². The Labute approximate surface area is 72.3 Å². The van der Waals surface area contributed by atoms with Gasteiger partial charge in [0.05, 0.1) is 11.1 Å². The van der Waals surface area contributed by atoms with Crippen LogP contribution in [0.5, 0.6) is 0 Å². The lowest BCUT2D eigenvalue weighted by Crippen LogP contribution is -1.91. The highest BCUT2D eigenvalue weighted by molar-refractivity contribution is 6.01. The second kappa shape index (κ2) is 3.57. The lowest BCUT2D eigenvalue weighted by atomic mass is 10.1. The van der Waals surface area contributed by atoms with Gasteiger partial charge in [-0.1, -0.05) is 0 Å². The maximum Gasteiger partial charge on any atom is 0.186 e. The van der Waals surface area contributed by atoms with Crippen LogP contribution in [0.1, 0.15) is 41.8 Å². The van der Waals surface area contributed by atoms with Gasteiger partial charge in [-0.05, 0) is 0 Å². The summed E-state index contributed by atoms with van der Waals surface area (Å²) in [6.07, 6.45) is 1.13. The first-order chi connectivity index (χ1) is 6.28. The molecule has 0 aliphatic rings. The molecule has 0 atom stereocenters. The monoisotopic (exact) mass is 180 g/mol. The van der Waals surface area contributed by atoms with Crippen LogP contribution in [0.25, 0.3) is 0 Å². The van der Waals surface area contributed by atoms with Crippen molar-refractivity contribution in [3.8, 4) is 0 Å². The molecule has 1 aromatic rings. The van der Waals surface area contributed by atoms with Gasteiger partial charge in [-0.2, -0.15) is 0 Å². The molecule has 0 radical (unpaired) electrons. The summed E-state index contributed by atoms with van der Waals surface area (Å²) in [7, 11) is 0. The zero-order chi connectivity index (χ0) is 9.84. The van der Waals surface area contributed by atoms with Crippen LogP contribution < -0.4 is 0 Å². The predicted octanol–water partition coefficient (Wildman–Crippen LogP) is 0.530. The van der Waals surface area contributed by atoms with Gasteiger partial charge in [0.2, 0.25) is 0 Å². The third-order valence-corrected chi connectivity index (χ3v) is 1.49. The fraction of sp³-hybridized carbons (Fsp3) is 0. The van der Waals surface area contributed by atoms with E-state index in [0.717, 1.165) is 0 Å². The predicted molar refractivity (Wildman–Crippen MR) is 40.3 cm³/mol. The van der Waals surface area contributed by atoms with E-state index in [0.29, 0.717) is 12.6 Å². The van der Waals surface area contributed by atoms with Crippen LogP contribution in [0.15, 0.2) is 4.42 Å². The first-order valence-corrected chi connectivity index (χ1v) is 3.26. The molecule has 1 aromatic heterocycles. The molecule has 1 heterocycles. The molecule has 0 bridgehead atoms. The van der Waals surface area contributed by atoms with E-state index in [-0.39, 0.29) is 35.2 Å². The highest BCUT2D eigenvalue weighted by atomic mass is 16.4. The molecule has 0 fully saturated rings. The van der Waals surface area contributed by atoms with Gasteiger partial charge in [0.15, 0.2) is 36.7 Å². The third kappa shape index (κ3) is 1.31. The van der Waals surface area contributed by atoms with Crippen molar-refractivity contribution in [2.24, 2.45) is 0 Å². The van der Waals surface area contributed by atoms with Gasteiger partial charge in [-0.3, -0.25) is 19.2 Å². The summed E-state index contributed by atoms with van der Waals surface area (Å²) < 4.78 is 4.63. The minimum absolute atomic E-state index is 0.188. The first-order valence-electron chi connectivity index (χ1n) is 3.26. The molecule has 1 rings (SSSR count). The van der Waals surface area contributed by atoms with Crippen molar-refractivity contribution in [3.05, 3.63) is 22.6 Å². The van der Waals surface area contributed by atoms with E-state index < -0.39 is 0 Å². The summed E-state index contributed by atoms with van der Waals surface area (Å²) in [5, 5.41) is 0. The van der Waals surface area contributed by atoms with Gasteiger partial charge in [-0.25, -0.2) is 0 Å². The summed E-state index contributed by atoms with van der Waals surface area (Å²) in [6, 6.07) is 0. The van der Waals surface area contributed by atoms with Crippen molar-refractivity contribution >= 4 is 25.1 Å². The van der Waals surface area contributed by atoms with Crippen molar-refractivity contribution in [2.45, 2.75) is 0 Å². The molecule has 0 saturated carbocycles. The third-order valence-electron chi connectivity index (χ3n) is 1.49. The summed E-state index contributed by atoms with van der Waals surface area (Å²) in [4.78, 5) is 41.4. The molecule has 0 saturated heterocycles. The Bertz CT molecular complexity index is 340. The maximum absolute atomic E-state index is 10.4. The van der Waals surface area contributed by atoms with Crippen LogP contribution in [0.2, 0.25) is 0 Å². The van der Waals surface area contributed by atoms with Crippen molar-refractivity contribution in [3.63, 3.8) is 0 Å². The van der Waals surface area contributed by atoms with Gasteiger partial charge < -0.3 is 4.42 Å². The Balaban J connectivity index is 3.50. The zero-order valence-corrected chi connectivity index (χ0v) is 6.35.